The van der Waals surface area contributed by atoms with Crippen molar-refractivity contribution in [2.75, 3.05) is 0 Å². The normalized spacial score (nSPS) is 18.3. The maximum atomic E-state index is 13.9. The lowest BCUT2D eigenvalue weighted by Gasteiger charge is -2.42. The van der Waals surface area contributed by atoms with Gasteiger partial charge in [-0.15, -0.1) is 0 Å². The maximum absolute atomic E-state index is 13.9. The van der Waals surface area contributed by atoms with Gasteiger partial charge in [0.25, 0.3) is 0 Å². The number of carbonyl (C=O) groups excluding carboxylic acids is 1. The molecule has 0 saturated heterocycles. The lowest BCUT2D eigenvalue weighted by Crippen LogP contribution is -2.75. The van der Waals surface area contributed by atoms with Gasteiger partial charge in [-0.2, -0.15) is 83.1 Å². The van der Waals surface area contributed by atoms with Gasteiger partial charge in [-0.25, -0.2) is 9.52 Å². The van der Waals surface area contributed by atoms with Crippen LogP contribution in [0, 0.1) is 0 Å². The number of nitrogens with one attached hydrogen (secondary N) is 2. The number of halogens is 17. The van der Waals surface area contributed by atoms with Crippen LogP contribution in [0.15, 0.2) is 0 Å². The summed E-state index contributed by atoms with van der Waals surface area (Å²) in [5, 5.41) is -6.19. The van der Waals surface area contributed by atoms with Gasteiger partial charge in [-0.05, 0) is 12.8 Å². The van der Waals surface area contributed by atoms with Crippen LogP contribution in [0.1, 0.15) is 32.1 Å². The summed E-state index contributed by atoms with van der Waals surface area (Å²) in [6.45, 7) is 0. The Morgan fingerprint density at radius 1 is 0.553 bits per heavy atom. The molecule has 0 bridgehead atoms. The lowest BCUT2D eigenvalue weighted by atomic mass is 9.91. The number of carbonyl (C=O) groups is 1. The minimum atomic E-state index is -8.93. The minimum absolute atomic E-state index is 0.00383. The highest BCUT2D eigenvalue weighted by molar-refractivity contribution is 7.91. The largest absolute Gasteiger partial charge is 0.460 e. The van der Waals surface area contributed by atoms with Crippen LogP contribution < -0.4 is 10.0 Å². The molecule has 5 nitrogen and oxygen atoms in total. The maximum Gasteiger partial charge on any atom is 0.460 e. The van der Waals surface area contributed by atoms with Crippen LogP contribution in [-0.4, -0.2) is 67.5 Å². The molecular formula is C15H13F17N2O3S. The first-order valence-electron chi connectivity index (χ1n) is 9.51. The Morgan fingerprint density at radius 3 is 1.26 bits per heavy atom. The Bertz CT molecular complexity index is 987. The van der Waals surface area contributed by atoms with E-state index in [4.69, 9.17) is 0 Å². The molecule has 0 aliphatic heterocycles. The van der Waals surface area contributed by atoms with E-state index in [2.05, 4.69) is 0 Å². The van der Waals surface area contributed by atoms with Gasteiger partial charge in [0.15, 0.2) is 0 Å². The molecule has 0 aromatic heterocycles. The topological polar surface area (TPSA) is 75.3 Å². The Morgan fingerprint density at radius 2 is 0.895 bits per heavy atom. The fourth-order valence-corrected chi connectivity index (χ4v) is 3.86. The zero-order valence-electron chi connectivity index (χ0n) is 17.7. The van der Waals surface area contributed by atoms with Gasteiger partial charge < -0.3 is 5.32 Å². The lowest BCUT2D eigenvalue weighted by molar-refractivity contribution is -0.458. The number of amides is 2. The quantitative estimate of drug-likeness (QED) is 0.313. The molecule has 1 rings (SSSR count). The average Bonchev–Trinajstić information content (AvgIpc) is 2.72. The molecule has 0 atom stereocenters. The highest BCUT2D eigenvalue weighted by Gasteiger charge is 2.96. The number of rotatable bonds is 9. The van der Waals surface area contributed by atoms with Gasteiger partial charge in [0.05, 0.1) is 0 Å². The average molecular weight is 624 g/mol. The molecule has 0 aromatic carbocycles. The Labute approximate surface area is 200 Å². The molecule has 0 aromatic rings. The number of alkyl halides is 17. The molecule has 1 aliphatic rings. The molecule has 0 heterocycles. The zero-order chi connectivity index (χ0) is 30.6. The van der Waals surface area contributed by atoms with Crippen molar-refractivity contribution in [2.24, 2.45) is 0 Å². The van der Waals surface area contributed by atoms with E-state index in [1.165, 1.54) is 0 Å². The van der Waals surface area contributed by atoms with Gasteiger partial charge in [-0.1, -0.05) is 19.3 Å². The molecule has 1 aliphatic carbocycles. The molecule has 0 radical (unpaired) electrons. The highest BCUT2D eigenvalue weighted by Crippen LogP contribution is 2.64. The molecule has 23 heteroatoms. The van der Waals surface area contributed by atoms with Crippen LogP contribution in [0.5, 0.6) is 0 Å². The van der Waals surface area contributed by atoms with E-state index in [0.29, 0.717) is 19.3 Å². The number of hydrogen-bond acceptors (Lipinski definition) is 3. The van der Waals surface area contributed by atoms with Crippen LogP contribution >= 0.6 is 0 Å². The summed E-state index contributed by atoms with van der Waals surface area (Å²) >= 11 is 0. The fraction of sp³-hybridized carbons (Fsp3) is 0.933. The van der Waals surface area contributed by atoms with Crippen LogP contribution in [-0.2, 0) is 10.0 Å². The Hall–Kier alpha value is -1.97. The van der Waals surface area contributed by atoms with Gasteiger partial charge in [0, 0.05) is 6.04 Å². The summed E-state index contributed by atoms with van der Waals surface area (Å²) in [6.07, 6.45) is -6.51. The molecule has 226 valence electrons. The second-order valence-corrected chi connectivity index (χ2v) is 9.60. The molecule has 1 fully saturated rings. The second kappa shape index (κ2) is 9.59. The van der Waals surface area contributed by atoms with Crippen LogP contribution in [0.3, 0.4) is 0 Å². The van der Waals surface area contributed by atoms with E-state index in [1.807, 2.05) is 0 Å². The van der Waals surface area contributed by atoms with Crippen molar-refractivity contribution in [1.29, 1.82) is 0 Å². The van der Waals surface area contributed by atoms with E-state index >= 15 is 0 Å². The Balaban J connectivity index is 3.49. The van der Waals surface area contributed by atoms with Crippen LogP contribution in [0.25, 0.3) is 0 Å². The SMILES string of the molecule is O=C(NC1CCCCC1)NS(=O)(=O)C(F)(F)C(F)(F)C(F)(F)C(F)(F)C(F)(F)C(F)(F)C(F)(F)C(F)(F)F. The summed E-state index contributed by atoms with van der Waals surface area (Å²) in [6, 6.07) is -3.35. The summed E-state index contributed by atoms with van der Waals surface area (Å²) < 4.78 is 248. The van der Waals surface area contributed by atoms with Crippen molar-refractivity contribution in [3.63, 3.8) is 0 Å². The van der Waals surface area contributed by atoms with Crippen molar-refractivity contribution >= 4 is 16.1 Å². The second-order valence-electron chi connectivity index (χ2n) is 7.87. The zero-order valence-corrected chi connectivity index (χ0v) is 18.5. The third-order valence-electron chi connectivity index (χ3n) is 5.20. The molecule has 2 amide bonds. The third-order valence-corrected chi connectivity index (χ3v) is 6.58. The number of urea groups is 1. The smallest absolute Gasteiger partial charge is 0.335 e. The van der Waals surface area contributed by atoms with Gasteiger partial charge >= 0.3 is 63.0 Å². The van der Waals surface area contributed by atoms with E-state index in [0.717, 1.165) is 0 Å². The van der Waals surface area contributed by atoms with Crippen molar-refractivity contribution in [3.8, 4) is 0 Å². The molecule has 38 heavy (non-hydrogen) atoms. The molecule has 2 N–H and O–H groups in total. The summed E-state index contributed by atoms with van der Waals surface area (Å²) in [5.74, 6) is -52.1. The summed E-state index contributed by atoms with van der Waals surface area (Å²) in [7, 11) is -7.66. The number of hydrogen-bond donors (Lipinski definition) is 2. The fourth-order valence-electron chi connectivity index (χ4n) is 2.97. The predicted octanol–water partition coefficient (Wildman–Crippen LogP) is 5.92. The van der Waals surface area contributed by atoms with E-state index in [-0.39, 0.29) is 17.6 Å². The standard InChI is InChI=1S/C15H13F17N2O3S/c16-8(17,10(20,21)12(24,25)14(28,29)30)9(18,19)11(22,23)13(26,27)15(31,32)38(36,37)34-7(35)33-6-4-2-1-3-5-6/h6H,1-5H2,(H2,33,34,35). The van der Waals surface area contributed by atoms with E-state index in [1.54, 1.807) is 5.32 Å². The molecule has 0 unspecified atom stereocenters. The van der Waals surface area contributed by atoms with Gasteiger partial charge in [0.2, 0.25) is 0 Å². The van der Waals surface area contributed by atoms with Crippen molar-refractivity contribution in [1.82, 2.24) is 10.0 Å². The van der Waals surface area contributed by atoms with E-state index in [9.17, 15) is 87.8 Å². The first-order valence-corrected chi connectivity index (χ1v) is 11.0. The predicted molar refractivity (Wildman–Crippen MR) is 88.1 cm³/mol. The molecule has 1 saturated carbocycles. The van der Waals surface area contributed by atoms with Crippen molar-refractivity contribution in [2.45, 2.75) is 85.1 Å². The first-order chi connectivity index (χ1) is 16.5. The number of sulfonamides is 1. The monoisotopic (exact) mass is 624 g/mol. The van der Waals surface area contributed by atoms with Gasteiger partial charge in [-0.3, -0.25) is 0 Å². The minimum Gasteiger partial charge on any atom is -0.335 e. The van der Waals surface area contributed by atoms with Crippen LogP contribution in [0.2, 0.25) is 0 Å². The third kappa shape index (κ3) is 4.90. The van der Waals surface area contributed by atoms with E-state index < -0.39 is 69.1 Å². The summed E-state index contributed by atoms with van der Waals surface area (Å²) in [4.78, 5) is 11.5. The van der Waals surface area contributed by atoms with Crippen LogP contribution in [0.4, 0.5) is 79.4 Å². The van der Waals surface area contributed by atoms with Crippen molar-refractivity contribution < 1.29 is 87.8 Å². The van der Waals surface area contributed by atoms with Gasteiger partial charge in [0.1, 0.15) is 0 Å². The molecular weight excluding hydrogens is 611 g/mol. The molecule has 0 spiro atoms. The highest BCUT2D eigenvalue weighted by atomic mass is 32.2. The summed E-state index contributed by atoms with van der Waals surface area (Å²) in [5.41, 5.74) is 0. The van der Waals surface area contributed by atoms with Crippen molar-refractivity contribution in [3.05, 3.63) is 0 Å². The first kappa shape index (κ1) is 34.1. The Kier molecular flexibility index (Phi) is 8.60.